The molecule has 1 rings (SSSR count). The van der Waals surface area contributed by atoms with Crippen molar-refractivity contribution >= 4 is 24.0 Å². The lowest BCUT2D eigenvalue weighted by molar-refractivity contribution is 0.251. The summed E-state index contributed by atoms with van der Waals surface area (Å²) >= 11 is 5.87. The van der Waals surface area contributed by atoms with Crippen molar-refractivity contribution in [1.82, 2.24) is 5.32 Å². The number of phenolic OH excluding ortho intramolecular Hbond substituents is 1. The monoisotopic (exact) mass is 237 g/mol. The number of halogens is 2. The van der Waals surface area contributed by atoms with Crippen molar-refractivity contribution in [2.24, 2.45) is 0 Å². The average Bonchev–Trinajstić information content (AvgIpc) is 2.10. The van der Waals surface area contributed by atoms with E-state index in [9.17, 15) is 0 Å². The molecule has 0 bridgehead atoms. The van der Waals surface area contributed by atoms with Crippen LogP contribution in [0.5, 0.6) is 5.75 Å². The lowest BCUT2D eigenvalue weighted by atomic mass is 10.1. The first-order valence-corrected chi connectivity index (χ1v) is 4.33. The van der Waals surface area contributed by atoms with Gasteiger partial charge in [0.1, 0.15) is 5.75 Å². The molecule has 80 valence electrons. The molecule has 0 saturated heterocycles. The number of aromatic hydroxyl groups is 1. The maximum Gasteiger partial charge on any atom is 0.117 e. The molecule has 1 atom stereocenters. The Morgan fingerprint density at radius 1 is 1.50 bits per heavy atom. The van der Waals surface area contributed by atoms with Crippen LogP contribution in [-0.4, -0.2) is 23.9 Å². The lowest BCUT2D eigenvalue weighted by Crippen LogP contribution is -2.20. The number of likely N-dealkylation sites (N-methyl/N-ethyl adjacent to an activating group) is 1. The van der Waals surface area contributed by atoms with Gasteiger partial charge in [0.25, 0.3) is 0 Å². The minimum atomic E-state index is -0.187. The van der Waals surface area contributed by atoms with Gasteiger partial charge in [0.15, 0.2) is 0 Å². The van der Waals surface area contributed by atoms with Crippen LogP contribution in [-0.2, 0) is 0 Å². The summed E-state index contributed by atoms with van der Waals surface area (Å²) in [5.41, 5.74) is 0.782. The van der Waals surface area contributed by atoms with Gasteiger partial charge in [0, 0.05) is 5.02 Å². The molecule has 0 amide bonds. The first-order valence-electron chi connectivity index (χ1n) is 3.95. The number of rotatable bonds is 3. The molecule has 0 fully saturated rings. The van der Waals surface area contributed by atoms with E-state index in [1.807, 2.05) is 0 Å². The summed E-state index contributed by atoms with van der Waals surface area (Å²) in [5.74, 6) is 0.126. The number of hydrogen-bond acceptors (Lipinski definition) is 3. The van der Waals surface area contributed by atoms with Gasteiger partial charge in [0.2, 0.25) is 0 Å². The quantitative estimate of drug-likeness (QED) is 0.751. The standard InChI is InChI=1S/C9H12ClNO2.ClH/c1-11-9(5-12)7-3-2-6(13)4-8(7)10;/h2-4,9,11-13H,5H2,1H3;1H. The molecular formula is C9H13Cl2NO2. The molecule has 0 saturated carbocycles. The number of benzene rings is 1. The number of aliphatic hydroxyl groups is 1. The van der Waals surface area contributed by atoms with Gasteiger partial charge in [0.05, 0.1) is 12.6 Å². The highest BCUT2D eigenvalue weighted by molar-refractivity contribution is 6.31. The van der Waals surface area contributed by atoms with Crippen LogP contribution in [0.3, 0.4) is 0 Å². The smallest absolute Gasteiger partial charge is 0.117 e. The second-order valence-corrected chi connectivity index (χ2v) is 3.14. The minimum Gasteiger partial charge on any atom is -0.508 e. The van der Waals surface area contributed by atoms with Crippen LogP contribution < -0.4 is 5.32 Å². The van der Waals surface area contributed by atoms with Crippen LogP contribution >= 0.6 is 24.0 Å². The molecule has 0 radical (unpaired) electrons. The summed E-state index contributed by atoms with van der Waals surface area (Å²) < 4.78 is 0. The first-order chi connectivity index (χ1) is 6.19. The molecule has 0 aliphatic heterocycles. The van der Waals surface area contributed by atoms with Crippen molar-refractivity contribution in [3.8, 4) is 5.75 Å². The molecular weight excluding hydrogens is 225 g/mol. The Morgan fingerprint density at radius 2 is 2.14 bits per heavy atom. The van der Waals surface area contributed by atoms with Crippen molar-refractivity contribution in [2.45, 2.75) is 6.04 Å². The molecule has 1 aromatic carbocycles. The second-order valence-electron chi connectivity index (χ2n) is 2.73. The zero-order valence-electron chi connectivity index (χ0n) is 7.70. The zero-order valence-corrected chi connectivity index (χ0v) is 9.27. The third-order valence-electron chi connectivity index (χ3n) is 1.89. The van der Waals surface area contributed by atoms with Crippen LogP contribution in [0.25, 0.3) is 0 Å². The summed E-state index contributed by atoms with van der Waals surface area (Å²) in [5, 5.41) is 21.5. The van der Waals surface area contributed by atoms with E-state index in [0.29, 0.717) is 5.02 Å². The van der Waals surface area contributed by atoms with Crippen molar-refractivity contribution in [3.05, 3.63) is 28.8 Å². The van der Waals surface area contributed by atoms with Gasteiger partial charge in [-0.25, -0.2) is 0 Å². The van der Waals surface area contributed by atoms with Crippen molar-refractivity contribution < 1.29 is 10.2 Å². The fourth-order valence-electron chi connectivity index (χ4n) is 1.14. The van der Waals surface area contributed by atoms with E-state index in [1.165, 1.54) is 6.07 Å². The molecule has 14 heavy (non-hydrogen) atoms. The molecule has 1 unspecified atom stereocenters. The number of aliphatic hydroxyl groups excluding tert-OH is 1. The van der Waals surface area contributed by atoms with Gasteiger partial charge in [-0.3, -0.25) is 0 Å². The van der Waals surface area contributed by atoms with Crippen molar-refractivity contribution in [2.75, 3.05) is 13.7 Å². The van der Waals surface area contributed by atoms with Gasteiger partial charge < -0.3 is 15.5 Å². The molecule has 5 heteroatoms. The second kappa shape index (κ2) is 6.09. The Morgan fingerprint density at radius 3 is 2.57 bits per heavy atom. The molecule has 0 aromatic heterocycles. The fourth-order valence-corrected chi connectivity index (χ4v) is 1.45. The molecule has 3 N–H and O–H groups in total. The average molecular weight is 238 g/mol. The highest BCUT2D eigenvalue weighted by atomic mass is 35.5. The maximum atomic E-state index is 9.10. The summed E-state index contributed by atoms with van der Waals surface area (Å²) in [7, 11) is 1.74. The molecule has 0 spiro atoms. The summed E-state index contributed by atoms with van der Waals surface area (Å²) in [4.78, 5) is 0. The van der Waals surface area contributed by atoms with Crippen molar-refractivity contribution in [3.63, 3.8) is 0 Å². The van der Waals surface area contributed by atoms with Crippen LogP contribution in [0.1, 0.15) is 11.6 Å². The van der Waals surface area contributed by atoms with Crippen LogP contribution in [0, 0.1) is 0 Å². The van der Waals surface area contributed by atoms with Crippen LogP contribution in [0.2, 0.25) is 5.02 Å². The van der Waals surface area contributed by atoms with Crippen LogP contribution in [0.4, 0.5) is 0 Å². The number of nitrogens with one attached hydrogen (secondary N) is 1. The number of hydrogen-bond donors (Lipinski definition) is 3. The topological polar surface area (TPSA) is 52.5 Å². The van der Waals surface area contributed by atoms with E-state index >= 15 is 0 Å². The van der Waals surface area contributed by atoms with E-state index < -0.39 is 0 Å². The fraction of sp³-hybridized carbons (Fsp3) is 0.333. The third-order valence-corrected chi connectivity index (χ3v) is 2.22. The van der Waals surface area contributed by atoms with E-state index in [2.05, 4.69) is 5.32 Å². The van der Waals surface area contributed by atoms with E-state index in [1.54, 1.807) is 19.2 Å². The third kappa shape index (κ3) is 3.03. The van der Waals surface area contributed by atoms with Gasteiger partial charge in [-0.1, -0.05) is 17.7 Å². The number of phenols is 1. The minimum absolute atomic E-state index is 0. The largest absolute Gasteiger partial charge is 0.508 e. The summed E-state index contributed by atoms with van der Waals surface area (Å²) in [6, 6.07) is 4.50. The summed E-state index contributed by atoms with van der Waals surface area (Å²) in [6.07, 6.45) is 0. The first kappa shape index (κ1) is 13.5. The van der Waals surface area contributed by atoms with E-state index in [4.69, 9.17) is 21.8 Å². The Labute approximate surface area is 94.1 Å². The zero-order chi connectivity index (χ0) is 9.84. The Bertz CT molecular complexity index is 290. The molecule has 0 heterocycles. The van der Waals surface area contributed by atoms with Gasteiger partial charge >= 0.3 is 0 Å². The molecule has 0 aliphatic rings. The predicted octanol–water partition coefficient (Wildman–Crippen LogP) is 1.72. The van der Waals surface area contributed by atoms with Gasteiger partial charge in [-0.15, -0.1) is 12.4 Å². The highest BCUT2D eigenvalue weighted by Crippen LogP contribution is 2.26. The normalized spacial score (nSPS) is 11.9. The molecule has 3 nitrogen and oxygen atoms in total. The maximum absolute atomic E-state index is 9.10. The van der Waals surface area contributed by atoms with Gasteiger partial charge in [-0.2, -0.15) is 0 Å². The SMILES string of the molecule is CNC(CO)c1ccc(O)cc1Cl.Cl. The Kier molecular flexibility index (Phi) is 5.88. The lowest BCUT2D eigenvalue weighted by Gasteiger charge is -2.14. The summed E-state index contributed by atoms with van der Waals surface area (Å²) in [6.45, 7) is -0.0268. The van der Waals surface area contributed by atoms with E-state index in [-0.39, 0.29) is 30.8 Å². The van der Waals surface area contributed by atoms with Crippen molar-refractivity contribution in [1.29, 1.82) is 0 Å². The Hall–Kier alpha value is -0.480. The van der Waals surface area contributed by atoms with E-state index in [0.717, 1.165) is 5.56 Å². The predicted molar refractivity (Wildman–Crippen MR) is 59.3 cm³/mol. The van der Waals surface area contributed by atoms with Gasteiger partial charge in [-0.05, 0) is 24.7 Å². The highest BCUT2D eigenvalue weighted by Gasteiger charge is 2.11. The van der Waals surface area contributed by atoms with Crippen LogP contribution in [0.15, 0.2) is 18.2 Å². The molecule has 1 aromatic rings. The Balaban J connectivity index is 0.00000169. The molecule has 0 aliphatic carbocycles.